The number of rotatable bonds is 2. The summed E-state index contributed by atoms with van der Waals surface area (Å²) in [7, 11) is 0. The average Bonchev–Trinajstić information content (AvgIpc) is 2.73. The summed E-state index contributed by atoms with van der Waals surface area (Å²) in [6.45, 7) is 4.00. The fourth-order valence-corrected chi connectivity index (χ4v) is 3.24. The second-order valence-corrected chi connectivity index (χ2v) is 5.45. The third kappa shape index (κ3) is 2.00. The highest BCUT2D eigenvalue weighted by molar-refractivity contribution is 6.10. The summed E-state index contributed by atoms with van der Waals surface area (Å²) in [5.41, 5.74) is 4.49. The highest BCUT2D eigenvalue weighted by Gasteiger charge is 2.38. The maximum absolute atomic E-state index is 12.4. The summed E-state index contributed by atoms with van der Waals surface area (Å²) >= 11 is 0. The maximum Gasteiger partial charge on any atom is 0.162 e. The van der Waals surface area contributed by atoms with Crippen LogP contribution in [0.3, 0.4) is 0 Å². The summed E-state index contributed by atoms with van der Waals surface area (Å²) in [4.78, 5) is 12.4. The van der Waals surface area contributed by atoms with E-state index in [2.05, 4.69) is 24.3 Å². The fraction of sp³-hybridized carbons (Fsp3) is 0.211. The predicted molar refractivity (Wildman–Crippen MR) is 82.4 cm³/mol. The van der Waals surface area contributed by atoms with Crippen molar-refractivity contribution in [3.63, 3.8) is 0 Å². The number of hydrogen-bond acceptors (Lipinski definition) is 1. The molecule has 1 aliphatic rings. The van der Waals surface area contributed by atoms with Crippen LogP contribution in [0.25, 0.3) is 5.57 Å². The molecule has 2 aromatic carbocycles. The van der Waals surface area contributed by atoms with Crippen molar-refractivity contribution in [1.29, 1.82) is 0 Å². The van der Waals surface area contributed by atoms with Crippen LogP contribution in [0.4, 0.5) is 0 Å². The van der Waals surface area contributed by atoms with Crippen molar-refractivity contribution in [1.82, 2.24) is 0 Å². The van der Waals surface area contributed by atoms with E-state index >= 15 is 0 Å². The molecular formula is C19H18O. The molecule has 0 radical (unpaired) electrons. The lowest BCUT2D eigenvalue weighted by atomic mass is 9.83. The summed E-state index contributed by atoms with van der Waals surface area (Å²) in [6, 6.07) is 20.6. The normalized spacial score (nSPS) is 22.4. The maximum atomic E-state index is 12.4. The van der Waals surface area contributed by atoms with Crippen molar-refractivity contribution >= 4 is 11.4 Å². The quantitative estimate of drug-likeness (QED) is 0.780. The van der Waals surface area contributed by atoms with Crippen LogP contribution in [-0.4, -0.2) is 5.78 Å². The van der Waals surface area contributed by atoms with Crippen LogP contribution in [0.15, 0.2) is 66.2 Å². The molecule has 2 atom stereocenters. The average molecular weight is 262 g/mol. The van der Waals surface area contributed by atoms with Crippen LogP contribution in [-0.2, 0) is 4.79 Å². The number of benzene rings is 2. The first kappa shape index (κ1) is 12.9. The third-order valence-corrected chi connectivity index (χ3v) is 4.24. The van der Waals surface area contributed by atoms with Crippen LogP contribution in [0.1, 0.15) is 30.9 Å². The summed E-state index contributed by atoms with van der Waals surface area (Å²) in [6.07, 6.45) is 0. The zero-order valence-corrected chi connectivity index (χ0v) is 11.8. The van der Waals surface area contributed by atoms with Crippen LogP contribution >= 0.6 is 0 Å². The molecule has 0 heterocycles. The van der Waals surface area contributed by atoms with Crippen molar-refractivity contribution in [3.05, 3.63) is 77.4 Å². The van der Waals surface area contributed by atoms with Crippen LogP contribution in [0, 0.1) is 5.92 Å². The van der Waals surface area contributed by atoms with Gasteiger partial charge >= 0.3 is 0 Å². The van der Waals surface area contributed by atoms with Gasteiger partial charge in [0.25, 0.3) is 0 Å². The number of Topliss-reactive ketones (excluding diaryl/α,β-unsaturated/α-hetero) is 1. The minimum atomic E-state index is 0.0209. The van der Waals surface area contributed by atoms with Crippen molar-refractivity contribution < 1.29 is 4.79 Å². The van der Waals surface area contributed by atoms with Crippen molar-refractivity contribution in [2.45, 2.75) is 19.8 Å². The summed E-state index contributed by atoms with van der Waals surface area (Å²) < 4.78 is 0. The molecule has 1 heteroatoms. The molecule has 0 amide bonds. The lowest BCUT2D eigenvalue weighted by Gasteiger charge is -2.20. The third-order valence-electron chi connectivity index (χ3n) is 4.24. The van der Waals surface area contributed by atoms with Crippen molar-refractivity contribution in [2.75, 3.05) is 0 Å². The van der Waals surface area contributed by atoms with Gasteiger partial charge in [0.1, 0.15) is 0 Å². The fourth-order valence-electron chi connectivity index (χ4n) is 3.24. The molecular weight excluding hydrogens is 244 g/mol. The Morgan fingerprint density at radius 2 is 1.40 bits per heavy atom. The predicted octanol–water partition coefficient (Wildman–Crippen LogP) is 4.46. The van der Waals surface area contributed by atoms with Gasteiger partial charge in [0.05, 0.1) is 0 Å². The second-order valence-electron chi connectivity index (χ2n) is 5.45. The first-order chi connectivity index (χ1) is 9.70. The highest BCUT2D eigenvalue weighted by Crippen LogP contribution is 2.46. The molecule has 0 bridgehead atoms. The highest BCUT2D eigenvalue weighted by atomic mass is 16.1. The molecule has 0 N–H and O–H groups in total. The molecule has 2 aromatic rings. The van der Waals surface area contributed by atoms with Gasteiger partial charge in [0.15, 0.2) is 5.78 Å². The molecule has 20 heavy (non-hydrogen) atoms. The van der Waals surface area contributed by atoms with Crippen LogP contribution in [0.2, 0.25) is 0 Å². The molecule has 0 saturated heterocycles. The number of carbonyl (C=O) groups is 1. The summed E-state index contributed by atoms with van der Waals surface area (Å²) in [5, 5.41) is 0. The van der Waals surface area contributed by atoms with Gasteiger partial charge < -0.3 is 0 Å². The van der Waals surface area contributed by atoms with E-state index in [1.165, 1.54) is 11.1 Å². The van der Waals surface area contributed by atoms with Crippen molar-refractivity contribution in [2.24, 2.45) is 5.92 Å². The Balaban J connectivity index is 2.15. The van der Waals surface area contributed by atoms with E-state index < -0.39 is 0 Å². The van der Waals surface area contributed by atoms with Gasteiger partial charge in [-0.1, -0.05) is 67.6 Å². The molecule has 0 aromatic heterocycles. The van der Waals surface area contributed by atoms with E-state index in [0.717, 1.165) is 11.1 Å². The first-order valence-corrected chi connectivity index (χ1v) is 7.05. The van der Waals surface area contributed by atoms with Crippen LogP contribution < -0.4 is 0 Å². The van der Waals surface area contributed by atoms with E-state index in [1.54, 1.807) is 0 Å². The first-order valence-electron chi connectivity index (χ1n) is 7.05. The Labute approximate surface area is 120 Å². The SMILES string of the molecule is CC1=C(c2ccccc2)C(c2ccccc2)C(C)C1=O. The minimum Gasteiger partial charge on any atom is -0.294 e. The molecule has 0 fully saturated rings. The van der Waals surface area contributed by atoms with E-state index in [4.69, 9.17) is 0 Å². The Morgan fingerprint density at radius 1 is 0.850 bits per heavy atom. The van der Waals surface area contributed by atoms with Crippen molar-refractivity contribution in [3.8, 4) is 0 Å². The number of ketones is 1. The molecule has 1 aliphatic carbocycles. The zero-order valence-electron chi connectivity index (χ0n) is 11.8. The smallest absolute Gasteiger partial charge is 0.162 e. The molecule has 2 unspecified atom stereocenters. The Bertz CT molecular complexity index is 653. The van der Waals surface area contributed by atoms with E-state index in [-0.39, 0.29) is 17.6 Å². The Morgan fingerprint density at radius 3 is 2.00 bits per heavy atom. The summed E-state index contributed by atoms with van der Waals surface area (Å²) in [5.74, 6) is 0.469. The van der Waals surface area contributed by atoms with Crippen LogP contribution in [0.5, 0.6) is 0 Å². The van der Waals surface area contributed by atoms with Gasteiger partial charge in [-0.05, 0) is 29.2 Å². The van der Waals surface area contributed by atoms with Gasteiger partial charge in [-0.2, -0.15) is 0 Å². The number of hydrogen-bond donors (Lipinski definition) is 0. The minimum absolute atomic E-state index is 0.0209. The second kappa shape index (κ2) is 5.09. The lowest BCUT2D eigenvalue weighted by Crippen LogP contribution is -2.12. The zero-order chi connectivity index (χ0) is 14.1. The largest absolute Gasteiger partial charge is 0.294 e. The number of allylic oxidation sites excluding steroid dienone is 2. The number of carbonyl (C=O) groups excluding carboxylic acids is 1. The van der Waals surface area contributed by atoms with E-state index in [9.17, 15) is 4.79 Å². The van der Waals surface area contributed by atoms with E-state index in [0.29, 0.717) is 0 Å². The molecule has 100 valence electrons. The molecule has 0 saturated carbocycles. The topological polar surface area (TPSA) is 17.1 Å². The van der Waals surface area contributed by atoms with Gasteiger partial charge in [0, 0.05) is 11.8 Å². The molecule has 1 nitrogen and oxygen atoms in total. The van der Waals surface area contributed by atoms with E-state index in [1.807, 2.05) is 50.2 Å². The molecule has 0 spiro atoms. The van der Waals surface area contributed by atoms with Gasteiger partial charge in [-0.3, -0.25) is 4.79 Å². The van der Waals surface area contributed by atoms with Gasteiger partial charge in [-0.15, -0.1) is 0 Å². The molecule has 3 rings (SSSR count). The standard InChI is InChI=1S/C19H18O/c1-13-17(15-9-5-3-6-10-15)18(14(2)19(13)20)16-11-7-4-8-12-16/h3-13,17H,1-2H3. The van der Waals surface area contributed by atoms with Gasteiger partial charge in [0.2, 0.25) is 0 Å². The monoisotopic (exact) mass is 262 g/mol. The Hall–Kier alpha value is -2.15. The lowest BCUT2D eigenvalue weighted by molar-refractivity contribution is -0.118. The van der Waals surface area contributed by atoms with Gasteiger partial charge in [-0.25, -0.2) is 0 Å². The molecule has 0 aliphatic heterocycles. The Kier molecular flexibility index (Phi) is 3.27.